The van der Waals surface area contributed by atoms with Crippen molar-refractivity contribution in [2.45, 2.75) is 19.1 Å². The van der Waals surface area contributed by atoms with Crippen LogP contribution in [-0.2, 0) is 11.3 Å². The molecule has 0 saturated carbocycles. The van der Waals surface area contributed by atoms with Gasteiger partial charge in [-0.05, 0) is 11.1 Å². The molecule has 1 aromatic carbocycles. The van der Waals surface area contributed by atoms with Crippen LogP contribution in [0, 0.1) is 12.3 Å². The third-order valence-corrected chi connectivity index (χ3v) is 2.63. The Bertz CT molecular complexity index is 367. The van der Waals surface area contributed by atoms with E-state index in [-0.39, 0.29) is 0 Å². The topological polar surface area (TPSA) is 21.3 Å². The number of fused-ring (bicyclic) bond motifs is 1. The summed E-state index contributed by atoms with van der Waals surface area (Å²) in [7, 11) is 0. The third-order valence-electron chi connectivity index (χ3n) is 2.63. The molecule has 1 aliphatic heterocycles. The van der Waals surface area contributed by atoms with E-state index in [0.29, 0.717) is 6.04 Å². The molecule has 1 N–H and O–H groups in total. The van der Waals surface area contributed by atoms with Crippen LogP contribution >= 0.6 is 0 Å². The molecule has 78 valence electrons. The van der Waals surface area contributed by atoms with Gasteiger partial charge in [0.25, 0.3) is 0 Å². The van der Waals surface area contributed by atoms with E-state index in [9.17, 15) is 0 Å². The summed E-state index contributed by atoms with van der Waals surface area (Å²) in [5.41, 5.74) is 2.63. The summed E-state index contributed by atoms with van der Waals surface area (Å²) in [6.45, 7) is 2.31. The molecule has 0 aliphatic carbocycles. The van der Waals surface area contributed by atoms with E-state index in [2.05, 4.69) is 29.4 Å². The van der Waals surface area contributed by atoms with Gasteiger partial charge in [0.2, 0.25) is 0 Å². The highest BCUT2D eigenvalue weighted by molar-refractivity contribution is 5.31. The van der Waals surface area contributed by atoms with Crippen molar-refractivity contribution in [3.05, 3.63) is 35.4 Å². The first-order chi connectivity index (χ1) is 7.42. The first-order valence-corrected chi connectivity index (χ1v) is 5.24. The Morgan fingerprint density at radius 3 is 3.20 bits per heavy atom. The second-order valence-electron chi connectivity index (χ2n) is 3.67. The van der Waals surface area contributed by atoms with Crippen molar-refractivity contribution in [2.24, 2.45) is 0 Å². The summed E-state index contributed by atoms with van der Waals surface area (Å²) in [6.07, 6.45) is 5.98. The Labute approximate surface area is 90.6 Å². The second kappa shape index (κ2) is 4.97. The Morgan fingerprint density at radius 2 is 2.33 bits per heavy atom. The van der Waals surface area contributed by atoms with Gasteiger partial charge >= 0.3 is 0 Å². The van der Waals surface area contributed by atoms with Gasteiger partial charge in [0.05, 0.1) is 19.3 Å². The number of terminal acetylenes is 1. The Balaban J connectivity index is 2.06. The molecule has 0 spiro atoms. The third kappa shape index (κ3) is 2.38. The molecule has 1 unspecified atom stereocenters. The molecule has 2 heteroatoms. The maximum atomic E-state index is 5.53. The van der Waals surface area contributed by atoms with Crippen LogP contribution in [0.3, 0.4) is 0 Å². The maximum Gasteiger partial charge on any atom is 0.0721 e. The van der Waals surface area contributed by atoms with Crippen LogP contribution < -0.4 is 5.32 Å². The monoisotopic (exact) mass is 201 g/mol. The van der Waals surface area contributed by atoms with Gasteiger partial charge in [0, 0.05) is 13.0 Å². The molecule has 0 radical (unpaired) electrons. The van der Waals surface area contributed by atoms with Crippen molar-refractivity contribution in [3.8, 4) is 12.3 Å². The van der Waals surface area contributed by atoms with Gasteiger partial charge in [-0.2, -0.15) is 0 Å². The van der Waals surface area contributed by atoms with E-state index in [1.165, 1.54) is 11.1 Å². The SMILES string of the molecule is C#CCCNC1COCc2ccccc21. The summed E-state index contributed by atoms with van der Waals surface area (Å²) in [5, 5.41) is 3.41. The van der Waals surface area contributed by atoms with E-state index < -0.39 is 0 Å². The highest BCUT2D eigenvalue weighted by atomic mass is 16.5. The van der Waals surface area contributed by atoms with E-state index in [0.717, 1.165) is 26.2 Å². The zero-order valence-corrected chi connectivity index (χ0v) is 8.70. The van der Waals surface area contributed by atoms with Gasteiger partial charge in [-0.15, -0.1) is 12.3 Å². The second-order valence-corrected chi connectivity index (χ2v) is 3.67. The fourth-order valence-electron chi connectivity index (χ4n) is 1.87. The molecule has 2 rings (SSSR count). The van der Waals surface area contributed by atoms with E-state index in [1.807, 2.05) is 6.07 Å². The zero-order chi connectivity index (χ0) is 10.5. The van der Waals surface area contributed by atoms with Crippen molar-refractivity contribution in [3.63, 3.8) is 0 Å². The largest absolute Gasteiger partial charge is 0.375 e. The smallest absolute Gasteiger partial charge is 0.0721 e. The average molecular weight is 201 g/mol. The number of hydrogen-bond acceptors (Lipinski definition) is 2. The molecule has 1 aliphatic rings. The molecule has 1 atom stereocenters. The molecule has 2 nitrogen and oxygen atoms in total. The highest BCUT2D eigenvalue weighted by Gasteiger charge is 2.18. The lowest BCUT2D eigenvalue weighted by Gasteiger charge is -2.26. The molecule has 0 saturated heterocycles. The van der Waals surface area contributed by atoms with Gasteiger partial charge < -0.3 is 10.1 Å². The molecule has 0 bridgehead atoms. The van der Waals surface area contributed by atoms with Crippen LogP contribution in [0.15, 0.2) is 24.3 Å². The van der Waals surface area contributed by atoms with Crippen molar-refractivity contribution in [1.82, 2.24) is 5.32 Å². The van der Waals surface area contributed by atoms with Crippen LogP contribution in [0.25, 0.3) is 0 Å². The standard InChI is InChI=1S/C13H15NO/c1-2-3-8-14-13-10-15-9-11-6-4-5-7-12(11)13/h1,4-7,13-14H,3,8-10H2. The van der Waals surface area contributed by atoms with Crippen molar-refractivity contribution in [1.29, 1.82) is 0 Å². The van der Waals surface area contributed by atoms with Crippen LogP contribution in [0.1, 0.15) is 23.6 Å². The molecule has 15 heavy (non-hydrogen) atoms. The predicted molar refractivity (Wildman–Crippen MR) is 60.3 cm³/mol. The van der Waals surface area contributed by atoms with Crippen molar-refractivity contribution in [2.75, 3.05) is 13.2 Å². The molecular formula is C13H15NO. The van der Waals surface area contributed by atoms with E-state index in [1.54, 1.807) is 0 Å². The molecular weight excluding hydrogens is 186 g/mol. The average Bonchev–Trinajstić information content (AvgIpc) is 2.30. The molecule has 0 aromatic heterocycles. The first kappa shape index (κ1) is 10.2. The fourth-order valence-corrected chi connectivity index (χ4v) is 1.87. The summed E-state index contributed by atoms with van der Waals surface area (Å²) in [6, 6.07) is 8.69. The fraction of sp³-hybridized carbons (Fsp3) is 0.385. The minimum absolute atomic E-state index is 0.295. The van der Waals surface area contributed by atoms with Crippen LogP contribution in [0.2, 0.25) is 0 Å². The minimum Gasteiger partial charge on any atom is -0.375 e. The van der Waals surface area contributed by atoms with E-state index in [4.69, 9.17) is 11.2 Å². The summed E-state index contributed by atoms with van der Waals surface area (Å²) in [4.78, 5) is 0. The van der Waals surface area contributed by atoms with Gasteiger partial charge in [-0.25, -0.2) is 0 Å². The van der Waals surface area contributed by atoms with Gasteiger partial charge in [0.1, 0.15) is 0 Å². The van der Waals surface area contributed by atoms with Crippen LogP contribution in [0.5, 0.6) is 0 Å². The molecule has 1 aromatic rings. The number of nitrogens with one attached hydrogen (secondary N) is 1. The lowest BCUT2D eigenvalue weighted by Crippen LogP contribution is -2.30. The first-order valence-electron chi connectivity index (χ1n) is 5.24. The molecule has 0 amide bonds. The molecule has 0 fully saturated rings. The van der Waals surface area contributed by atoms with Gasteiger partial charge in [-0.1, -0.05) is 24.3 Å². The van der Waals surface area contributed by atoms with Crippen molar-refractivity contribution < 1.29 is 4.74 Å². The lowest BCUT2D eigenvalue weighted by molar-refractivity contribution is 0.0825. The highest BCUT2D eigenvalue weighted by Crippen LogP contribution is 2.23. The number of benzene rings is 1. The number of ether oxygens (including phenoxy) is 1. The molecule has 1 heterocycles. The normalized spacial score (nSPS) is 19.3. The Hall–Kier alpha value is -1.30. The van der Waals surface area contributed by atoms with Gasteiger partial charge in [0.15, 0.2) is 0 Å². The van der Waals surface area contributed by atoms with Gasteiger partial charge in [-0.3, -0.25) is 0 Å². The summed E-state index contributed by atoms with van der Waals surface area (Å²) >= 11 is 0. The maximum absolute atomic E-state index is 5.53. The van der Waals surface area contributed by atoms with E-state index >= 15 is 0 Å². The number of hydrogen-bond donors (Lipinski definition) is 1. The lowest BCUT2D eigenvalue weighted by atomic mass is 9.99. The summed E-state index contributed by atoms with van der Waals surface area (Å²) < 4.78 is 5.53. The summed E-state index contributed by atoms with van der Waals surface area (Å²) in [5.74, 6) is 2.63. The quantitative estimate of drug-likeness (QED) is 0.595. The Morgan fingerprint density at radius 1 is 1.47 bits per heavy atom. The Kier molecular flexibility index (Phi) is 3.39. The van der Waals surface area contributed by atoms with Crippen LogP contribution in [0.4, 0.5) is 0 Å². The van der Waals surface area contributed by atoms with Crippen molar-refractivity contribution >= 4 is 0 Å². The zero-order valence-electron chi connectivity index (χ0n) is 8.70. The van der Waals surface area contributed by atoms with Crippen LogP contribution in [-0.4, -0.2) is 13.2 Å². The number of rotatable bonds is 3. The minimum atomic E-state index is 0.295. The predicted octanol–water partition coefficient (Wildman–Crippen LogP) is 1.87.